The average Bonchev–Trinajstić information content (AvgIpc) is 3.11. The first kappa shape index (κ1) is 11.6. The van der Waals surface area contributed by atoms with Gasteiger partial charge in [-0.15, -0.1) is 0 Å². The summed E-state index contributed by atoms with van der Waals surface area (Å²) in [5.41, 5.74) is 0.473. The van der Waals surface area contributed by atoms with Crippen LogP contribution in [0.1, 0.15) is 25.3 Å². The Morgan fingerprint density at radius 2 is 1.88 bits per heavy atom. The van der Waals surface area contributed by atoms with Gasteiger partial charge in [0, 0.05) is 0 Å². The van der Waals surface area contributed by atoms with Crippen LogP contribution in [0.2, 0.25) is 0 Å². The fraction of sp³-hybridized carbons (Fsp3) is 0.385. The maximum absolute atomic E-state index is 12.1. The van der Waals surface area contributed by atoms with E-state index in [0.717, 1.165) is 18.4 Å². The number of nitrogens with one attached hydrogen (secondary N) is 1. The molecule has 0 aliphatic heterocycles. The number of hydrogen-bond acceptors (Lipinski definition) is 2. The summed E-state index contributed by atoms with van der Waals surface area (Å²) in [5, 5.41) is 11.3. The fourth-order valence-corrected chi connectivity index (χ4v) is 1.93. The smallest absolute Gasteiger partial charge is 0.325 e. The summed E-state index contributed by atoms with van der Waals surface area (Å²) >= 11 is 0. The van der Waals surface area contributed by atoms with Gasteiger partial charge in [0.15, 0.2) is 0 Å². The quantitative estimate of drug-likeness (QED) is 0.824. The van der Waals surface area contributed by atoms with Crippen LogP contribution in [0, 0.1) is 0 Å². The van der Waals surface area contributed by atoms with Crippen molar-refractivity contribution >= 4 is 11.9 Å². The van der Waals surface area contributed by atoms with Gasteiger partial charge in [0.25, 0.3) is 0 Å². The molecule has 1 atom stereocenters. The number of hydrogen-bond donors (Lipinski definition) is 2. The first-order valence-electron chi connectivity index (χ1n) is 5.65. The molecule has 0 bridgehead atoms. The minimum absolute atomic E-state index is 0.182. The molecule has 17 heavy (non-hydrogen) atoms. The molecule has 1 aromatic rings. The van der Waals surface area contributed by atoms with Gasteiger partial charge in [-0.2, -0.15) is 0 Å². The summed E-state index contributed by atoms with van der Waals surface area (Å²) in [6.45, 7) is 1.47. The zero-order valence-corrected chi connectivity index (χ0v) is 9.64. The van der Waals surface area contributed by atoms with Gasteiger partial charge in [0.05, 0.1) is 5.41 Å². The highest BCUT2D eigenvalue weighted by Crippen LogP contribution is 2.48. The van der Waals surface area contributed by atoms with Gasteiger partial charge >= 0.3 is 5.97 Å². The molecule has 2 N–H and O–H groups in total. The van der Waals surface area contributed by atoms with Gasteiger partial charge in [-0.1, -0.05) is 30.3 Å². The van der Waals surface area contributed by atoms with Crippen LogP contribution in [0.3, 0.4) is 0 Å². The lowest BCUT2D eigenvalue weighted by Gasteiger charge is -2.17. The fourth-order valence-electron chi connectivity index (χ4n) is 1.93. The number of carboxylic acids is 1. The predicted molar refractivity (Wildman–Crippen MR) is 62.6 cm³/mol. The molecule has 1 unspecified atom stereocenters. The molecule has 1 fully saturated rings. The van der Waals surface area contributed by atoms with Crippen molar-refractivity contribution in [3.05, 3.63) is 35.9 Å². The molecule has 4 heteroatoms. The number of rotatable bonds is 4. The van der Waals surface area contributed by atoms with E-state index in [1.54, 1.807) is 0 Å². The minimum atomic E-state index is -1.01. The van der Waals surface area contributed by atoms with E-state index in [1.807, 2.05) is 30.3 Å². The van der Waals surface area contributed by atoms with Gasteiger partial charge in [-0.3, -0.25) is 9.59 Å². The Kier molecular flexibility index (Phi) is 2.88. The number of carbonyl (C=O) groups is 2. The molecule has 1 aliphatic carbocycles. The van der Waals surface area contributed by atoms with E-state index in [2.05, 4.69) is 5.32 Å². The van der Waals surface area contributed by atoms with Crippen molar-refractivity contribution in [2.75, 3.05) is 0 Å². The highest BCUT2D eigenvalue weighted by molar-refractivity contribution is 5.93. The van der Waals surface area contributed by atoms with Crippen LogP contribution < -0.4 is 5.32 Å². The lowest BCUT2D eigenvalue weighted by atomic mass is 9.95. The third kappa shape index (κ3) is 2.16. The molecule has 2 rings (SSSR count). The normalized spacial score (nSPS) is 18.2. The molecule has 1 aliphatic rings. The average molecular weight is 233 g/mol. The highest BCUT2D eigenvalue weighted by Gasteiger charge is 2.51. The summed E-state index contributed by atoms with van der Waals surface area (Å²) < 4.78 is 0. The van der Waals surface area contributed by atoms with E-state index in [-0.39, 0.29) is 5.91 Å². The number of amides is 1. The van der Waals surface area contributed by atoms with Crippen LogP contribution in [0.25, 0.3) is 0 Å². The zero-order valence-electron chi connectivity index (χ0n) is 9.64. The van der Waals surface area contributed by atoms with Crippen LogP contribution in [0.4, 0.5) is 0 Å². The molecule has 0 saturated heterocycles. The van der Waals surface area contributed by atoms with Crippen molar-refractivity contribution in [1.29, 1.82) is 0 Å². The van der Waals surface area contributed by atoms with Crippen molar-refractivity contribution in [3.63, 3.8) is 0 Å². The van der Waals surface area contributed by atoms with E-state index < -0.39 is 17.4 Å². The lowest BCUT2D eigenvalue weighted by molar-refractivity contribution is -0.141. The standard InChI is InChI=1S/C13H15NO3/c1-9(11(15)16)14-12(17)13(7-8-13)10-5-3-2-4-6-10/h2-6,9H,7-8H2,1H3,(H,14,17)(H,15,16). The summed E-state index contributed by atoms with van der Waals surface area (Å²) in [5.74, 6) is -1.19. The van der Waals surface area contributed by atoms with Crippen molar-refractivity contribution < 1.29 is 14.7 Å². The topological polar surface area (TPSA) is 66.4 Å². The van der Waals surface area contributed by atoms with E-state index in [4.69, 9.17) is 5.11 Å². The Balaban J connectivity index is 2.12. The largest absolute Gasteiger partial charge is 0.480 e. The molecule has 4 nitrogen and oxygen atoms in total. The number of carboxylic acid groups (broad SMARTS) is 1. The molecular weight excluding hydrogens is 218 g/mol. The van der Waals surface area contributed by atoms with E-state index in [9.17, 15) is 9.59 Å². The molecule has 1 aromatic carbocycles. The molecule has 1 saturated carbocycles. The van der Waals surface area contributed by atoms with Crippen molar-refractivity contribution in [2.45, 2.75) is 31.2 Å². The van der Waals surface area contributed by atoms with Gasteiger partial charge in [-0.05, 0) is 25.3 Å². The van der Waals surface area contributed by atoms with Gasteiger partial charge in [0.1, 0.15) is 6.04 Å². The second-order valence-electron chi connectivity index (χ2n) is 4.48. The van der Waals surface area contributed by atoms with Gasteiger partial charge in [-0.25, -0.2) is 0 Å². The monoisotopic (exact) mass is 233 g/mol. The van der Waals surface area contributed by atoms with Crippen molar-refractivity contribution in [2.24, 2.45) is 0 Å². The molecule has 0 aromatic heterocycles. The third-order valence-electron chi connectivity index (χ3n) is 3.23. The first-order valence-corrected chi connectivity index (χ1v) is 5.65. The van der Waals surface area contributed by atoms with Gasteiger partial charge in [0.2, 0.25) is 5.91 Å². The third-order valence-corrected chi connectivity index (χ3v) is 3.23. The Morgan fingerprint density at radius 3 is 2.35 bits per heavy atom. The lowest BCUT2D eigenvalue weighted by Crippen LogP contribution is -2.43. The molecule has 0 radical (unpaired) electrons. The second-order valence-corrected chi connectivity index (χ2v) is 4.48. The molecular formula is C13H15NO3. The molecule has 90 valence electrons. The summed E-state index contributed by atoms with van der Waals surface area (Å²) in [6.07, 6.45) is 1.57. The minimum Gasteiger partial charge on any atom is -0.480 e. The van der Waals surface area contributed by atoms with Crippen molar-refractivity contribution in [1.82, 2.24) is 5.32 Å². The van der Waals surface area contributed by atoms with Gasteiger partial charge < -0.3 is 10.4 Å². The Bertz CT molecular complexity index is 437. The SMILES string of the molecule is CC(NC(=O)C1(c2ccccc2)CC1)C(=O)O. The maximum atomic E-state index is 12.1. The number of benzene rings is 1. The van der Waals surface area contributed by atoms with Crippen LogP contribution >= 0.6 is 0 Å². The van der Waals surface area contributed by atoms with Crippen LogP contribution in [0.5, 0.6) is 0 Å². The molecule has 1 amide bonds. The summed E-state index contributed by atoms with van der Waals surface area (Å²) in [4.78, 5) is 22.8. The number of carbonyl (C=O) groups excluding carboxylic acids is 1. The Hall–Kier alpha value is -1.84. The Labute approximate surface area is 99.6 Å². The van der Waals surface area contributed by atoms with Crippen LogP contribution in [-0.2, 0) is 15.0 Å². The number of aliphatic carboxylic acids is 1. The van der Waals surface area contributed by atoms with Crippen molar-refractivity contribution in [3.8, 4) is 0 Å². The Morgan fingerprint density at radius 1 is 1.29 bits per heavy atom. The van der Waals surface area contributed by atoms with Crippen LogP contribution in [-0.4, -0.2) is 23.0 Å². The van der Waals surface area contributed by atoms with E-state index in [1.165, 1.54) is 6.92 Å². The van der Waals surface area contributed by atoms with E-state index in [0.29, 0.717) is 0 Å². The molecule has 0 heterocycles. The molecule has 0 spiro atoms. The summed E-state index contributed by atoms with van der Waals surface area (Å²) in [6, 6.07) is 8.67. The summed E-state index contributed by atoms with van der Waals surface area (Å²) in [7, 11) is 0. The predicted octanol–water partition coefficient (Wildman–Crippen LogP) is 1.31. The maximum Gasteiger partial charge on any atom is 0.325 e. The highest BCUT2D eigenvalue weighted by atomic mass is 16.4. The first-order chi connectivity index (χ1) is 8.06. The van der Waals surface area contributed by atoms with E-state index >= 15 is 0 Å². The zero-order chi connectivity index (χ0) is 12.5. The second kappa shape index (κ2) is 4.20. The van der Waals surface area contributed by atoms with Crippen LogP contribution in [0.15, 0.2) is 30.3 Å².